The molecule has 1 atom stereocenters. The van der Waals surface area contributed by atoms with Gasteiger partial charge < -0.3 is 10.0 Å². The number of rotatable bonds is 8. The number of benzene rings is 1. The fraction of sp³-hybridized carbons (Fsp3) is 0.250. The standard InChI is InChI=1S/C20H20FNO2S2/c21-16-9-7-15(8-10-16)4-2-13-26-19-18(20(23)24)6-1-11-22(19)14-17-5-3-12-25-17/h1,3,5-12,19H,2,4,13-14H2,(H,23,24). The summed E-state index contributed by atoms with van der Waals surface area (Å²) in [6.07, 6.45) is 7.21. The third kappa shape index (κ3) is 4.99. The van der Waals surface area contributed by atoms with Gasteiger partial charge in [0.25, 0.3) is 0 Å². The Kier molecular flexibility index (Phi) is 6.52. The maximum absolute atomic E-state index is 13.0. The summed E-state index contributed by atoms with van der Waals surface area (Å²) in [6, 6.07) is 10.6. The number of carboxylic acid groups (broad SMARTS) is 1. The minimum Gasteiger partial charge on any atom is -0.478 e. The highest BCUT2D eigenvalue weighted by atomic mass is 32.2. The molecule has 136 valence electrons. The second-order valence-electron chi connectivity index (χ2n) is 5.97. The second kappa shape index (κ2) is 9.05. The van der Waals surface area contributed by atoms with Crippen LogP contribution in [0.4, 0.5) is 4.39 Å². The van der Waals surface area contributed by atoms with E-state index < -0.39 is 5.97 Å². The van der Waals surface area contributed by atoms with Crippen LogP contribution in [0.1, 0.15) is 16.9 Å². The molecule has 26 heavy (non-hydrogen) atoms. The number of hydrogen-bond donors (Lipinski definition) is 1. The first-order valence-corrected chi connectivity index (χ1v) is 10.3. The number of thioether (sulfide) groups is 1. The van der Waals surface area contributed by atoms with E-state index in [1.54, 1.807) is 47.4 Å². The second-order valence-corrected chi connectivity index (χ2v) is 8.19. The highest BCUT2D eigenvalue weighted by Gasteiger charge is 2.27. The number of thiophene rings is 1. The molecule has 1 aromatic carbocycles. The number of carbonyl (C=O) groups is 1. The highest BCUT2D eigenvalue weighted by molar-refractivity contribution is 8.00. The van der Waals surface area contributed by atoms with Gasteiger partial charge >= 0.3 is 5.97 Å². The lowest BCUT2D eigenvalue weighted by atomic mass is 10.1. The lowest BCUT2D eigenvalue weighted by Crippen LogP contribution is -2.34. The number of hydrogen-bond acceptors (Lipinski definition) is 4. The molecule has 1 aliphatic heterocycles. The van der Waals surface area contributed by atoms with Crippen LogP contribution in [-0.4, -0.2) is 27.1 Å². The van der Waals surface area contributed by atoms with Crippen molar-refractivity contribution in [2.45, 2.75) is 24.8 Å². The molecule has 0 aliphatic carbocycles. The lowest BCUT2D eigenvalue weighted by Gasteiger charge is -2.32. The van der Waals surface area contributed by atoms with Crippen LogP contribution in [0.2, 0.25) is 0 Å². The van der Waals surface area contributed by atoms with E-state index in [-0.39, 0.29) is 11.2 Å². The highest BCUT2D eigenvalue weighted by Crippen LogP contribution is 2.30. The number of nitrogens with zero attached hydrogens (tertiary/aromatic N) is 1. The van der Waals surface area contributed by atoms with Crippen molar-refractivity contribution >= 4 is 29.1 Å². The van der Waals surface area contributed by atoms with E-state index in [0.29, 0.717) is 12.1 Å². The predicted molar refractivity (Wildman–Crippen MR) is 106 cm³/mol. The maximum Gasteiger partial charge on any atom is 0.334 e. The molecule has 1 aromatic heterocycles. The zero-order chi connectivity index (χ0) is 18.4. The largest absolute Gasteiger partial charge is 0.478 e. The molecular weight excluding hydrogens is 369 g/mol. The van der Waals surface area contributed by atoms with E-state index >= 15 is 0 Å². The molecule has 0 spiro atoms. The first-order valence-electron chi connectivity index (χ1n) is 8.39. The SMILES string of the molecule is O=C(O)C1=CC=CN(Cc2cccs2)C1SCCCc1ccc(F)cc1. The molecule has 1 aliphatic rings. The normalized spacial score (nSPS) is 16.6. The van der Waals surface area contributed by atoms with Crippen molar-refractivity contribution in [3.8, 4) is 0 Å². The Morgan fingerprint density at radius 2 is 2.08 bits per heavy atom. The summed E-state index contributed by atoms with van der Waals surface area (Å²) in [5, 5.41) is 11.4. The lowest BCUT2D eigenvalue weighted by molar-refractivity contribution is -0.133. The fourth-order valence-corrected chi connectivity index (χ4v) is 4.74. The zero-order valence-corrected chi connectivity index (χ0v) is 15.8. The average Bonchev–Trinajstić information content (AvgIpc) is 3.14. The van der Waals surface area contributed by atoms with Crippen LogP contribution in [0.5, 0.6) is 0 Å². The number of aliphatic carboxylic acids is 1. The molecule has 6 heteroatoms. The number of aryl methyl sites for hydroxylation is 1. The van der Waals surface area contributed by atoms with Gasteiger partial charge in [0.15, 0.2) is 0 Å². The summed E-state index contributed by atoms with van der Waals surface area (Å²) in [4.78, 5) is 14.9. The van der Waals surface area contributed by atoms with Crippen LogP contribution in [0.15, 0.2) is 65.7 Å². The van der Waals surface area contributed by atoms with Crippen molar-refractivity contribution in [1.82, 2.24) is 4.90 Å². The summed E-state index contributed by atoms with van der Waals surface area (Å²) >= 11 is 3.31. The van der Waals surface area contributed by atoms with Gasteiger partial charge in [-0.3, -0.25) is 0 Å². The molecule has 2 aromatic rings. The molecule has 0 saturated carbocycles. The van der Waals surface area contributed by atoms with Crippen LogP contribution in [0.3, 0.4) is 0 Å². The quantitative estimate of drug-likeness (QED) is 0.651. The van der Waals surface area contributed by atoms with Crippen LogP contribution >= 0.6 is 23.1 Å². The minimum absolute atomic E-state index is 0.201. The fourth-order valence-electron chi connectivity index (χ4n) is 2.80. The van der Waals surface area contributed by atoms with Gasteiger partial charge in [0.05, 0.1) is 12.1 Å². The van der Waals surface area contributed by atoms with E-state index in [1.165, 1.54) is 17.0 Å². The number of carboxylic acids is 1. The summed E-state index contributed by atoms with van der Waals surface area (Å²) in [6.45, 7) is 0.703. The Labute approximate surface area is 160 Å². The molecular formula is C20H20FNO2S2. The molecule has 1 unspecified atom stereocenters. The van der Waals surface area contributed by atoms with E-state index in [0.717, 1.165) is 24.2 Å². The molecule has 3 rings (SSSR count). The minimum atomic E-state index is -0.874. The Balaban J connectivity index is 1.59. The van der Waals surface area contributed by atoms with Gasteiger partial charge in [0.1, 0.15) is 11.2 Å². The van der Waals surface area contributed by atoms with E-state index in [2.05, 4.69) is 11.0 Å². The van der Waals surface area contributed by atoms with Crippen LogP contribution < -0.4 is 0 Å². The molecule has 0 bridgehead atoms. The van der Waals surface area contributed by atoms with Gasteiger partial charge in [-0.25, -0.2) is 9.18 Å². The Morgan fingerprint density at radius 1 is 1.27 bits per heavy atom. The van der Waals surface area contributed by atoms with Gasteiger partial charge in [0.2, 0.25) is 0 Å². The average molecular weight is 390 g/mol. The molecule has 0 amide bonds. The van der Waals surface area contributed by atoms with Crippen molar-refractivity contribution in [2.75, 3.05) is 5.75 Å². The van der Waals surface area contributed by atoms with Crippen molar-refractivity contribution in [3.63, 3.8) is 0 Å². The van der Waals surface area contributed by atoms with Gasteiger partial charge in [-0.2, -0.15) is 0 Å². The third-order valence-electron chi connectivity index (χ3n) is 4.08. The Hall–Kier alpha value is -2.05. The topological polar surface area (TPSA) is 40.5 Å². The molecule has 0 saturated heterocycles. The van der Waals surface area contributed by atoms with Gasteiger partial charge in [-0.05, 0) is 59.9 Å². The van der Waals surface area contributed by atoms with E-state index in [1.807, 2.05) is 17.6 Å². The number of allylic oxidation sites excluding steroid dienone is 2. The Morgan fingerprint density at radius 3 is 2.77 bits per heavy atom. The monoisotopic (exact) mass is 389 g/mol. The molecule has 3 nitrogen and oxygen atoms in total. The predicted octanol–water partition coefficient (Wildman–Crippen LogP) is 4.92. The first kappa shape index (κ1) is 18.7. The van der Waals surface area contributed by atoms with Crippen molar-refractivity contribution in [1.29, 1.82) is 0 Å². The van der Waals surface area contributed by atoms with Gasteiger partial charge in [0, 0.05) is 11.1 Å². The third-order valence-corrected chi connectivity index (χ3v) is 6.31. The van der Waals surface area contributed by atoms with Gasteiger partial charge in [-0.15, -0.1) is 23.1 Å². The zero-order valence-electron chi connectivity index (χ0n) is 14.2. The summed E-state index contributed by atoms with van der Waals surface area (Å²) in [5.41, 5.74) is 1.51. The van der Waals surface area contributed by atoms with Crippen LogP contribution in [0.25, 0.3) is 0 Å². The van der Waals surface area contributed by atoms with Crippen LogP contribution in [-0.2, 0) is 17.8 Å². The van der Waals surface area contributed by atoms with E-state index in [9.17, 15) is 14.3 Å². The summed E-state index contributed by atoms with van der Waals surface area (Å²) in [5.74, 6) is -0.263. The maximum atomic E-state index is 13.0. The molecule has 2 heterocycles. The van der Waals surface area contributed by atoms with E-state index in [4.69, 9.17) is 0 Å². The smallest absolute Gasteiger partial charge is 0.334 e. The first-order chi connectivity index (χ1) is 12.6. The van der Waals surface area contributed by atoms with Gasteiger partial charge in [-0.1, -0.05) is 18.2 Å². The summed E-state index contributed by atoms with van der Waals surface area (Å²) in [7, 11) is 0. The molecule has 0 fully saturated rings. The van der Waals surface area contributed by atoms with Crippen LogP contribution in [0, 0.1) is 5.82 Å². The van der Waals surface area contributed by atoms with Crippen molar-refractivity contribution in [2.24, 2.45) is 0 Å². The molecule has 1 N–H and O–H groups in total. The molecule has 0 radical (unpaired) electrons. The van der Waals surface area contributed by atoms with Crippen molar-refractivity contribution < 1.29 is 14.3 Å². The number of halogens is 1. The van der Waals surface area contributed by atoms with Crippen molar-refractivity contribution in [3.05, 3.63) is 82.0 Å². The Bertz CT molecular complexity index is 785. The summed E-state index contributed by atoms with van der Waals surface area (Å²) < 4.78 is 13.0.